The third-order valence-electron chi connectivity index (χ3n) is 5.97. The number of aromatic nitrogens is 1. The highest BCUT2D eigenvalue weighted by atomic mass is 16.5. The number of carbonyl (C=O) groups excluding carboxylic acids is 1. The van der Waals surface area contributed by atoms with Crippen LogP contribution in [0.3, 0.4) is 0 Å². The summed E-state index contributed by atoms with van der Waals surface area (Å²) in [5.41, 5.74) is 2.27. The predicted octanol–water partition coefficient (Wildman–Crippen LogP) is 4.50. The number of hydrogen-bond acceptors (Lipinski definition) is 4. The predicted molar refractivity (Wildman–Crippen MR) is 132 cm³/mol. The average Bonchev–Trinajstić information content (AvgIpc) is 2.84. The molecule has 0 saturated carbocycles. The van der Waals surface area contributed by atoms with Gasteiger partial charge in [-0.25, -0.2) is 5.84 Å². The van der Waals surface area contributed by atoms with Crippen molar-refractivity contribution in [1.82, 2.24) is 14.5 Å². The summed E-state index contributed by atoms with van der Waals surface area (Å²) in [5.74, 6) is 7.44. The Morgan fingerprint density at radius 2 is 1.97 bits per heavy atom. The number of likely N-dealkylation sites (tertiary alicyclic amines) is 1. The van der Waals surface area contributed by atoms with Gasteiger partial charge in [0, 0.05) is 12.7 Å². The minimum absolute atomic E-state index is 0.246. The maximum Gasteiger partial charge on any atom is 0.269 e. The first-order valence-corrected chi connectivity index (χ1v) is 11.5. The van der Waals surface area contributed by atoms with Crippen molar-refractivity contribution in [2.75, 3.05) is 33.3 Å². The lowest BCUT2D eigenvalue weighted by Crippen LogP contribution is -2.38. The Balaban J connectivity index is 2.26. The van der Waals surface area contributed by atoms with Crippen molar-refractivity contribution in [2.45, 2.75) is 46.6 Å². The molecular formula is C26H40N4O2. The van der Waals surface area contributed by atoms with Crippen LogP contribution in [0.5, 0.6) is 5.75 Å². The van der Waals surface area contributed by atoms with Crippen molar-refractivity contribution in [2.24, 2.45) is 11.8 Å². The molecule has 2 rings (SSSR count). The number of rotatable bonds is 9. The number of piperidine rings is 1. The van der Waals surface area contributed by atoms with Crippen LogP contribution < -0.4 is 10.6 Å². The lowest BCUT2D eigenvalue weighted by molar-refractivity contribution is 0.0770. The van der Waals surface area contributed by atoms with Gasteiger partial charge in [-0.15, -0.1) is 0 Å². The smallest absolute Gasteiger partial charge is 0.269 e. The van der Waals surface area contributed by atoms with Gasteiger partial charge >= 0.3 is 0 Å². The van der Waals surface area contributed by atoms with E-state index in [1.807, 2.05) is 50.4 Å². The minimum atomic E-state index is -0.246. The molecule has 0 radical (unpaired) electrons. The van der Waals surface area contributed by atoms with Crippen molar-refractivity contribution < 1.29 is 9.53 Å². The molecule has 0 aromatic carbocycles. The quantitative estimate of drug-likeness (QED) is 0.266. The molecule has 6 heteroatoms. The number of hydrazine groups is 1. The van der Waals surface area contributed by atoms with Crippen LogP contribution in [-0.2, 0) is 6.54 Å². The van der Waals surface area contributed by atoms with Gasteiger partial charge in [0.05, 0.1) is 24.9 Å². The highest BCUT2D eigenvalue weighted by Gasteiger charge is 2.16. The fourth-order valence-corrected chi connectivity index (χ4v) is 3.94. The second-order valence-electron chi connectivity index (χ2n) is 8.62. The van der Waals surface area contributed by atoms with E-state index in [4.69, 9.17) is 10.6 Å². The van der Waals surface area contributed by atoms with Crippen LogP contribution in [0.4, 0.5) is 0 Å². The van der Waals surface area contributed by atoms with E-state index >= 15 is 0 Å². The molecule has 1 saturated heterocycles. The molecule has 0 spiro atoms. The molecule has 1 fully saturated rings. The molecule has 2 N–H and O–H groups in total. The van der Waals surface area contributed by atoms with Crippen LogP contribution in [0.15, 0.2) is 54.8 Å². The van der Waals surface area contributed by atoms with Gasteiger partial charge in [0.25, 0.3) is 5.91 Å². The number of carbonyl (C=O) groups is 1. The molecule has 1 aromatic rings. The SMILES string of the molecule is C=C(/C=C\C)CN(N)C(=O)c1ccccc(OC)c(C)n(CCCN2CCC(C)CC2)c1. The number of hydrogen-bond donors (Lipinski definition) is 1. The van der Waals surface area contributed by atoms with E-state index in [0.29, 0.717) is 5.56 Å². The number of ether oxygens (including phenoxy) is 1. The molecule has 32 heavy (non-hydrogen) atoms. The zero-order valence-corrected chi connectivity index (χ0v) is 20.2. The maximum atomic E-state index is 13.1. The van der Waals surface area contributed by atoms with Gasteiger partial charge in [-0.05, 0) is 76.4 Å². The van der Waals surface area contributed by atoms with Crippen molar-refractivity contribution in [3.05, 3.63) is 66.0 Å². The second kappa shape index (κ2) is 13.1. The van der Waals surface area contributed by atoms with Crippen molar-refractivity contribution in [3.8, 4) is 5.75 Å². The summed E-state index contributed by atoms with van der Waals surface area (Å²) in [4.78, 5) is 15.6. The van der Waals surface area contributed by atoms with Crippen molar-refractivity contribution in [1.29, 1.82) is 0 Å². The van der Waals surface area contributed by atoms with Gasteiger partial charge in [0.1, 0.15) is 5.75 Å². The first kappa shape index (κ1) is 25.7. The zero-order valence-electron chi connectivity index (χ0n) is 20.2. The summed E-state index contributed by atoms with van der Waals surface area (Å²) in [5, 5.41) is 1.21. The largest absolute Gasteiger partial charge is 0.495 e. The van der Waals surface area contributed by atoms with Gasteiger partial charge in [-0.3, -0.25) is 9.80 Å². The summed E-state index contributed by atoms with van der Waals surface area (Å²) in [6.45, 7) is 14.7. The minimum Gasteiger partial charge on any atom is -0.495 e. The monoisotopic (exact) mass is 440 g/mol. The summed E-state index contributed by atoms with van der Waals surface area (Å²) in [6, 6.07) is 7.42. The van der Waals surface area contributed by atoms with E-state index in [9.17, 15) is 4.79 Å². The van der Waals surface area contributed by atoms with Gasteiger partial charge in [0.15, 0.2) is 0 Å². The van der Waals surface area contributed by atoms with Crippen molar-refractivity contribution >= 4 is 5.91 Å². The lowest BCUT2D eigenvalue weighted by atomic mass is 9.99. The average molecular weight is 441 g/mol. The number of methoxy groups -OCH3 is 1. The first-order valence-electron chi connectivity index (χ1n) is 11.5. The highest BCUT2D eigenvalue weighted by Crippen LogP contribution is 2.18. The number of aryl methyl sites for hydroxylation is 1. The molecule has 1 aromatic heterocycles. The van der Waals surface area contributed by atoms with Gasteiger partial charge in [-0.2, -0.15) is 0 Å². The number of amides is 1. The van der Waals surface area contributed by atoms with Gasteiger partial charge in [-0.1, -0.05) is 37.8 Å². The van der Waals surface area contributed by atoms with E-state index in [1.165, 1.54) is 30.9 Å². The molecule has 1 aliphatic heterocycles. The Bertz CT molecular complexity index is 849. The number of nitrogens with two attached hydrogens (primary N) is 1. The lowest BCUT2D eigenvalue weighted by Gasteiger charge is -2.30. The Morgan fingerprint density at radius 1 is 1.28 bits per heavy atom. The standard InChI is InChI=1S/C26H40N4O2/c1-6-10-22(3)19-30(27)26(31)24-11-7-8-12-25(32-5)23(4)29(20-24)16-9-15-28-17-13-21(2)14-18-28/h6-8,10-12,20-21H,3,9,13-19,27H2,1-2,4-5H3/b10-6-,11-7?,12-8?,24-20?,25-23?. The van der Waals surface area contributed by atoms with E-state index in [1.54, 1.807) is 13.2 Å². The summed E-state index contributed by atoms with van der Waals surface area (Å²) < 4.78 is 7.70. The third kappa shape index (κ3) is 7.84. The first-order chi connectivity index (χ1) is 15.3. The van der Waals surface area contributed by atoms with Crippen LogP contribution in [0.2, 0.25) is 0 Å². The van der Waals surface area contributed by atoms with Gasteiger partial charge < -0.3 is 14.2 Å². The van der Waals surface area contributed by atoms with Crippen molar-refractivity contribution in [3.63, 3.8) is 0 Å². The molecule has 1 aliphatic rings. The summed E-state index contributed by atoms with van der Waals surface area (Å²) in [7, 11) is 1.67. The third-order valence-corrected chi connectivity index (χ3v) is 5.97. The van der Waals surface area contributed by atoms with Crippen LogP contribution in [0.1, 0.15) is 49.2 Å². The molecule has 0 atom stereocenters. The summed E-state index contributed by atoms with van der Waals surface area (Å²) in [6.07, 6.45) is 9.17. The van der Waals surface area contributed by atoms with E-state index < -0.39 is 0 Å². The normalized spacial score (nSPS) is 14.9. The highest BCUT2D eigenvalue weighted by molar-refractivity contribution is 5.93. The second-order valence-corrected chi connectivity index (χ2v) is 8.62. The molecule has 1 amide bonds. The molecule has 0 unspecified atom stereocenters. The van der Waals surface area contributed by atoms with Crippen LogP contribution >= 0.6 is 0 Å². The number of nitrogens with zero attached hydrogens (tertiary/aromatic N) is 3. The van der Waals surface area contributed by atoms with Crippen LogP contribution in [-0.4, -0.2) is 53.7 Å². The molecule has 2 heterocycles. The Morgan fingerprint density at radius 3 is 2.62 bits per heavy atom. The summed E-state index contributed by atoms with van der Waals surface area (Å²) >= 11 is 0. The fraction of sp³-hybridized carbons (Fsp3) is 0.500. The molecule has 0 bridgehead atoms. The molecule has 176 valence electrons. The van der Waals surface area contributed by atoms with Crippen LogP contribution in [0.25, 0.3) is 0 Å². The van der Waals surface area contributed by atoms with E-state index in [2.05, 4.69) is 23.0 Å². The topological polar surface area (TPSA) is 63.7 Å². The maximum absolute atomic E-state index is 13.1. The zero-order chi connectivity index (χ0) is 23.5. The van der Waals surface area contributed by atoms with Crippen LogP contribution in [0, 0.1) is 12.8 Å². The Labute approximate surface area is 193 Å². The number of allylic oxidation sites excluding steroid dienone is 1. The van der Waals surface area contributed by atoms with E-state index in [0.717, 1.165) is 42.4 Å². The Hall–Kier alpha value is -2.57. The van der Waals surface area contributed by atoms with E-state index in [-0.39, 0.29) is 12.5 Å². The van der Waals surface area contributed by atoms with Gasteiger partial charge in [0.2, 0.25) is 0 Å². The fourth-order valence-electron chi connectivity index (χ4n) is 3.94. The molecular weight excluding hydrogens is 400 g/mol. The Kier molecular flexibility index (Phi) is 10.5. The molecule has 6 nitrogen and oxygen atoms in total. The molecule has 0 aliphatic carbocycles.